The van der Waals surface area contributed by atoms with Crippen molar-refractivity contribution in [1.82, 2.24) is 4.90 Å². The first kappa shape index (κ1) is 14.6. The van der Waals surface area contributed by atoms with Crippen molar-refractivity contribution in [3.8, 4) is 0 Å². The molecule has 0 bridgehead atoms. The number of halogens is 1. The lowest BCUT2D eigenvalue weighted by Gasteiger charge is -2.25. The number of amides is 1. The van der Waals surface area contributed by atoms with Crippen LogP contribution in [0.3, 0.4) is 0 Å². The second-order valence-corrected chi connectivity index (χ2v) is 7.48. The van der Waals surface area contributed by atoms with Crippen LogP contribution in [0.4, 0.5) is 0 Å². The first-order chi connectivity index (χ1) is 8.97. The van der Waals surface area contributed by atoms with Gasteiger partial charge in [0.2, 0.25) is 0 Å². The van der Waals surface area contributed by atoms with Crippen LogP contribution in [0.25, 0.3) is 0 Å². The first-order valence-corrected chi connectivity index (χ1v) is 8.03. The number of hydrogen-bond donors (Lipinski definition) is 0. The van der Waals surface area contributed by atoms with E-state index in [9.17, 15) is 4.79 Å². The van der Waals surface area contributed by atoms with Crippen molar-refractivity contribution in [3.05, 3.63) is 43.5 Å². The Morgan fingerprint density at radius 3 is 2.68 bits per heavy atom. The molecule has 0 saturated heterocycles. The molecular formula is C14H16INO2S. The van der Waals surface area contributed by atoms with Crippen molar-refractivity contribution < 1.29 is 9.21 Å². The van der Waals surface area contributed by atoms with Gasteiger partial charge in [-0.1, -0.05) is 0 Å². The number of carbonyl (C=O) groups is 1. The molecule has 0 aliphatic heterocycles. The standard InChI is InChI=1S/C14H16INO2S/c1-9(2)16(7-12-5-4-10(3)18-12)14(17)11-6-13(15)19-8-11/h4-6,8-9H,7H2,1-3H3. The van der Waals surface area contributed by atoms with E-state index in [0.717, 1.165) is 20.0 Å². The largest absolute Gasteiger partial charge is 0.464 e. The van der Waals surface area contributed by atoms with Crippen LogP contribution >= 0.6 is 33.9 Å². The molecule has 2 rings (SSSR count). The van der Waals surface area contributed by atoms with Crippen LogP contribution in [0.1, 0.15) is 35.7 Å². The van der Waals surface area contributed by atoms with E-state index < -0.39 is 0 Å². The molecule has 0 aliphatic rings. The van der Waals surface area contributed by atoms with Gasteiger partial charge in [0.25, 0.3) is 5.91 Å². The monoisotopic (exact) mass is 389 g/mol. The number of furan rings is 1. The summed E-state index contributed by atoms with van der Waals surface area (Å²) < 4.78 is 6.69. The molecule has 2 aromatic rings. The van der Waals surface area contributed by atoms with Gasteiger partial charge in [0.15, 0.2) is 0 Å². The Morgan fingerprint density at radius 2 is 2.21 bits per heavy atom. The summed E-state index contributed by atoms with van der Waals surface area (Å²) in [4.78, 5) is 14.3. The Kier molecular flexibility index (Phi) is 4.67. The maximum Gasteiger partial charge on any atom is 0.255 e. The molecule has 19 heavy (non-hydrogen) atoms. The van der Waals surface area contributed by atoms with Crippen molar-refractivity contribution in [2.45, 2.75) is 33.4 Å². The molecule has 0 atom stereocenters. The number of hydrogen-bond acceptors (Lipinski definition) is 3. The molecular weight excluding hydrogens is 373 g/mol. The van der Waals surface area contributed by atoms with E-state index in [0.29, 0.717) is 6.54 Å². The van der Waals surface area contributed by atoms with E-state index in [1.54, 1.807) is 11.3 Å². The average molecular weight is 389 g/mol. The number of thiophene rings is 1. The lowest BCUT2D eigenvalue weighted by atomic mass is 10.2. The second kappa shape index (κ2) is 6.09. The van der Waals surface area contributed by atoms with Crippen molar-refractivity contribution in [3.63, 3.8) is 0 Å². The number of rotatable bonds is 4. The molecule has 102 valence electrons. The van der Waals surface area contributed by atoms with E-state index >= 15 is 0 Å². The normalized spacial score (nSPS) is 11.0. The summed E-state index contributed by atoms with van der Waals surface area (Å²) in [7, 11) is 0. The van der Waals surface area contributed by atoms with Crippen LogP contribution in [0, 0.1) is 9.81 Å². The SMILES string of the molecule is Cc1ccc(CN(C(=O)c2csc(I)c2)C(C)C)o1. The Morgan fingerprint density at radius 1 is 1.47 bits per heavy atom. The smallest absolute Gasteiger partial charge is 0.255 e. The maximum absolute atomic E-state index is 12.5. The maximum atomic E-state index is 12.5. The van der Waals surface area contributed by atoms with Gasteiger partial charge in [-0.05, 0) is 61.6 Å². The Balaban J connectivity index is 2.18. The highest BCUT2D eigenvalue weighted by Gasteiger charge is 2.21. The fraction of sp³-hybridized carbons (Fsp3) is 0.357. The van der Waals surface area contributed by atoms with E-state index in [-0.39, 0.29) is 11.9 Å². The fourth-order valence-electron chi connectivity index (χ4n) is 1.81. The van der Waals surface area contributed by atoms with Crippen LogP contribution in [0.5, 0.6) is 0 Å². The third-order valence-electron chi connectivity index (χ3n) is 2.82. The zero-order valence-electron chi connectivity index (χ0n) is 11.1. The average Bonchev–Trinajstić information content (AvgIpc) is 2.94. The first-order valence-electron chi connectivity index (χ1n) is 6.07. The van der Waals surface area contributed by atoms with Gasteiger partial charge in [-0.15, -0.1) is 11.3 Å². The number of carbonyl (C=O) groups excluding carboxylic acids is 1. The van der Waals surface area contributed by atoms with Crippen LogP contribution in [0.15, 0.2) is 28.0 Å². The summed E-state index contributed by atoms with van der Waals surface area (Å²) in [5, 5.41) is 1.91. The zero-order valence-corrected chi connectivity index (χ0v) is 14.1. The van der Waals surface area contributed by atoms with Gasteiger partial charge in [-0.3, -0.25) is 4.79 Å². The highest BCUT2D eigenvalue weighted by molar-refractivity contribution is 14.1. The number of nitrogens with zero attached hydrogens (tertiary/aromatic N) is 1. The highest BCUT2D eigenvalue weighted by atomic mass is 127. The number of aryl methyl sites for hydroxylation is 1. The molecule has 0 N–H and O–H groups in total. The fourth-order valence-corrected chi connectivity index (χ4v) is 3.14. The predicted octanol–water partition coefficient (Wildman–Crippen LogP) is 4.30. The van der Waals surface area contributed by atoms with Crippen LogP contribution in [-0.4, -0.2) is 16.8 Å². The molecule has 0 aromatic carbocycles. The zero-order chi connectivity index (χ0) is 14.0. The van der Waals surface area contributed by atoms with Crippen LogP contribution in [0.2, 0.25) is 0 Å². The van der Waals surface area contributed by atoms with E-state index in [2.05, 4.69) is 22.6 Å². The van der Waals surface area contributed by atoms with Crippen molar-refractivity contribution in [2.75, 3.05) is 0 Å². The summed E-state index contributed by atoms with van der Waals surface area (Å²) in [5.41, 5.74) is 0.756. The molecule has 5 heteroatoms. The van der Waals surface area contributed by atoms with Gasteiger partial charge in [-0.25, -0.2) is 0 Å². The van der Waals surface area contributed by atoms with Crippen molar-refractivity contribution >= 4 is 39.8 Å². The van der Waals surface area contributed by atoms with Gasteiger partial charge >= 0.3 is 0 Å². The molecule has 0 fully saturated rings. The third-order valence-corrected chi connectivity index (χ3v) is 4.61. The Hall–Kier alpha value is -0.820. The quantitative estimate of drug-likeness (QED) is 0.731. The lowest BCUT2D eigenvalue weighted by Crippen LogP contribution is -2.36. The van der Waals surface area contributed by atoms with E-state index in [1.807, 2.05) is 49.3 Å². The summed E-state index contributed by atoms with van der Waals surface area (Å²) in [6.07, 6.45) is 0. The van der Waals surface area contributed by atoms with Gasteiger partial charge in [0, 0.05) is 11.4 Å². The van der Waals surface area contributed by atoms with E-state index in [1.165, 1.54) is 0 Å². The molecule has 0 unspecified atom stereocenters. The minimum Gasteiger partial charge on any atom is -0.464 e. The predicted molar refractivity (Wildman–Crippen MR) is 85.5 cm³/mol. The minimum atomic E-state index is 0.0585. The molecule has 2 aromatic heterocycles. The molecule has 0 saturated carbocycles. The minimum absolute atomic E-state index is 0.0585. The second-order valence-electron chi connectivity index (χ2n) is 4.68. The summed E-state index contributed by atoms with van der Waals surface area (Å²) in [6, 6.07) is 5.91. The topological polar surface area (TPSA) is 33.5 Å². The summed E-state index contributed by atoms with van der Waals surface area (Å²) in [6.45, 7) is 6.46. The molecule has 0 spiro atoms. The van der Waals surface area contributed by atoms with Gasteiger partial charge in [-0.2, -0.15) is 0 Å². The van der Waals surface area contributed by atoms with Gasteiger partial charge in [0.1, 0.15) is 11.5 Å². The van der Waals surface area contributed by atoms with Gasteiger partial charge < -0.3 is 9.32 Å². The molecule has 2 heterocycles. The lowest BCUT2D eigenvalue weighted by molar-refractivity contribution is 0.0676. The van der Waals surface area contributed by atoms with E-state index in [4.69, 9.17) is 4.42 Å². The summed E-state index contributed by atoms with van der Waals surface area (Å²) in [5.74, 6) is 1.75. The summed E-state index contributed by atoms with van der Waals surface area (Å²) >= 11 is 3.82. The molecule has 0 radical (unpaired) electrons. The molecule has 3 nitrogen and oxygen atoms in total. The molecule has 0 aliphatic carbocycles. The highest BCUT2D eigenvalue weighted by Crippen LogP contribution is 2.20. The van der Waals surface area contributed by atoms with Gasteiger partial charge in [0.05, 0.1) is 15.0 Å². The molecule has 1 amide bonds. The van der Waals surface area contributed by atoms with Crippen molar-refractivity contribution in [2.24, 2.45) is 0 Å². The van der Waals surface area contributed by atoms with Crippen molar-refractivity contribution in [1.29, 1.82) is 0 Å². The Bertz CT molecular complexity index is 574. The Labute approximate surface area is 130 Å². The third kappa shape index (κ3) is 3.60. The van der Waals surface area contributed by atoms with Crippen LogP contribution < -0.4 is 0 Å². The van der Waals surface area contributed by atoms with Crippen LogP contribution in [-0.2, 0) is 6.54 Å².